The van der Waals surface area contributed by atoms with Gasteiger partial charge in [-0.25, -0.2) is 14.3 Å². The van der Waals surface area contributed by atoms with Gasteiger partial charge in [0, 0.05) is 12.2 Å². The molecule has 0 saturated carbocycles. The lowest BCUT2D eigenvalue weighted by atomic mass is 10.1. The lowest BCUT2D eigenvalue weighted by molar-refractivity contribution is 0.0944. The van der Waals surface area contributed by atoms with Gasteiger partial charge in [0.05, 0.1) is 22.1 Å². The van der Waals surface area contributed by atoms with Crippen LogP contribution in [0.25, 0.3) is 11.4 Å². The Bertz CT molecular complexity index is 1230. The van der Waals surface area contributed by atoms with E-state index >= 15 is 0 Å². The summed E-state index contributed by atoms with van der Waals surface area (Å²) in [6, 6.07) is 17.5. The van der Waals surface area contributed by atoms with E-state index in [2.05, 4.69) is 20.5 Å². The standard InChI is InChI=1S/C23H23ClN6O/c1-15-14-16(2)29(27-15)19-10-8-18(9-11-19)12-13-25-23(31)22-26-17(3)30(28-22)21-7-5-4-6-20(21)24/h4-11,14H,12-13H2,1-3H3,(H,25,31). The number of aryl methyl sites for hydroxylation is 3. The third-order valence-electron chi connectivity index (χ3n) is 4.94. The van der Waals surface area contributed by atoms with Gasteiger partial charge in [0.2, 0.25) is 5.82 Å². The zero-order valence-corrected chi connectivity index (χ0v) is 18.4. The SMILES string of the molecule is Cc1cc(C)n(-c2ccc(CCNC(=O)c3nc(C)n(-c4ccccc4Cl)n3)cc2)n1. The van der Waals surface area contributed by atoms with Gasteiger partial charge >= 0.3 is 0 Å². The quantitative estimate of drug-likeness (QED) is 0.497. The molecule has 0 saturated heterocycles. The molecule has 0 aliphatic rings. The number of amides is 1. The second-order valence-corrected chi connectivity index (χ2v) is 7.76. The summed E-state index contributed by atoms with van der Waals surface area (Å²) in [5.41, 5.74) is 4.91. The second-order valence-electron chi connectivity index (χ2n) is 7.36. The van der Waals surface area contributed by atoms with E-state index in [-0.39, 0.29) is 11.7 Å². The number of nitrogens with zero attached hydrogens (tertiary/aromatic N) is 5. The summed E-state index contributed by atoms with van der Waals surface area (Å²) in [6.45, 7) is 6.29. The van der Waals surface area contributed by atoms with Gasteiger partial charge in [0.15, 0.2) is 0 Å². The van der Waals surface area contributed by atoms with E-state index in [1.165, 1.54) is 0 Å². The van der Waals surface area contributed by atoms with E-state index in [4.69, 9.17) is 11.6 Å². The van der Waals surface area contributed by atoms with Gasteiger partial charge in [-0.15, -0.1) is 5.10 Å². The molecule has 2 aromatic carbocycles. The van der Waals surface area contributed by atoms with Crippen molar-refractivity contribution in [2.45, 2.75) is 27.2 Å². The van der Waals surface area contributed by atoms with Crippen molar-refractivity contribution >= 4 is 17.5 Å². The third kappa shape index (κ3) is 4.51. The van der Waals surface area contributed by atoms with Gasteiger partial charge < -0.3 is 5.32 Å². The average Bonchev–Trinajstić information content (AvgIpc) is 3.30. The highest BCUT2D eigenvalue weighted by Gasteiger charge is 2.16. The summed E-state index contributed by atoms with van der Waals surface area (Å²) >= 11 is 6.24. The van der Waals surface area contributed by atoms with Crippen LogP contribution >= 0.6 is 11.6 Å². The van der Waals surface area contributed by atoms with Crippen molar-refractivity contribution in [3.05, 3.63) is 88.2 Å². The molecule has 8 heteroatoms. The van der Waals surface area contributed by atoms with Gasteiger partial charge in [-0.3, -0.25) is 4.79 Å². The first-order valence-corrected chi connectivity index (χ1v) is 10.4. The lowest BCUT2D eigenvalue weighted by Crippen LogP contribution is -2.27. The molecule has 0 spiro atoms. The van der Waals surface area contributed by atoms with Gasteiger partial charge in [0.25, 0.3) is 5.91 Å². The zero-order valence-electron chi connectivity index (χ0n) is 17.6. The Morgan fingerprint density at radius 3 is 2.42 bits per heavy atom. The summed E-state index contributed by atoms with van der Waals surface area (Å²) in [7, 11) is 0. The van der Waals surface area contributed by atoms with Crippen LogP contribution in [-0.2, 0) is 6.42 Å². The molecule has 0 bridgehead atoms. The maximum atomic E-state index is 12.5. The number of carbonyl (C=O) groups is 1. The van der Waals surface area contributed by atoms with Crippen LogP contribution in [0.5, 0.6) is 0 Å². The molecule has 0 fully saturated rings. The topological polar surface area (TPSA) is 77.6 Å². The first-order chi connectivity index (χ1) is 14.9. The predicted octanol–water partition coefficient (Wildman–Crippen LogP) is 4.00. The van der Waals surface area contributed by atoms with Crippen LogP contribution in [0.3, 0.4) is 0 Å². The van der Waals surface area contributed by atoms with Crippen molar-refractivity contribution < 1.29 is 4.79 Å². The summed E-state index contributed by atoms with van der Waals surface area (Å²) in [5, 5.41) is 12.3. The molecule has 4 rings (SSSR count). The number of halogens is 1. The first-order valence-electron chi connectivity index (χ1n) is 10.0. The van der Waals surface area contributed by atoms with Crippen LogP contribution in [0.2, 0.25) is 5.02 Å². The molecule has 0 radical (unpaired) electrons. The third-order valence-corrected chi connectivity index (χ3v) is 5.26. The van der Waals surface area contributed by atoms with Crippen molar-refractivity contribution in [1.29, 1.82) is 0 Å². The molecule has 2 aromatic heterocycles. The number of rotatable bonds is 6. The van der Waals surface area contributed by atoms with E-state index < -0.39 is 0 Å². The Morgan fingerprint density at radius 2 is 1.74 bits per heavy atom. The molecular formula is C23H23ClN6O. The van der Waals surface area contributed by atoms with Crippen molar-refractivity contribution in [2.24, 2.45) is 0 Å². The molecule has 0 atom stereocenters. The molecule has 31 heavy (non-hydrogen) atoms. The van der Waals surface area contributed by atoms with E-state index in [0.29, 0.717) is 29.5 Å². The van der Waals surface area contributed by atoms with E-state index in [0.717, 1.165) is 22.6 Å². The number of carbonyl (C=O) groups excluding carboxylic acids is 1. The van der Waals surface area contributed by atoms with Crippen LogP contribution in [-0.4, -0.2) is 37.0 Å². The van der Waals surface area contributed by atoms with Gasteiger partial charge in [0.1, 0.15) is 5.82 Å². The molecular weight excluding hydrogens is 412 g/mol. The van der Waals surface area contributed by atoms with E-state index in [9.17, 15) is 4.79 Å². The fourth-order valence-corrected chi connectivity index (χ4v) is 3.65. The lowest BCUT2D eigenvalue weighted by Gasteiger charge is -2.07. The van der Waals surface area contributed by atoms with Crippen LogP contribution in [0, 0.1) is 20.8 Å². The molecule has 2 heterocycles. The minimum absolute atomic E-state index is 0.122. The minimum Gasteiger partial charge on any atom is -0.349 e. The average molecular weight is 435 g/mol. The van der Waals surface area contributed by atoms with Crippen LogP contribution in [0.4, 0.5) is 0 Å². The maximum Gasteiger partial charge on any atom is 0.290 e. The fourth-order valence-electron chi connectivity index (χ4n) is 3.43. The normalized spacial score (nSPS) is 11.0. The van der Waals surface area contributed by atoms with Crippen LogP contribution in [0.1, 0.15) is 33.4 Å². The van der Waals surface area contributed by atoms with E-state index in [1.807, 2.05) is 67.1 Å². The highest BCUT2D eigenvalue weighted by molar-refractivity contribution is 6.32. The van der Waals surface area contributed by atoms with Gasteiger partial charge in [-0.2, -0.15) is 5.10 Å². The van der Waals surface area contributed by atoms with Crippen LogP contribution < -0.4 is 5.32 Å². The number of hydrogen-bond acceptors (Lipinski definition) is 4. The molecule has 7 nitrogen and oxygen atoms in total. The zero-order chi connectivity index (χ0) is 22.0. The molecule has 4 aromatic rings. The summed E-state index contributed by atoms with van der Waals surface area (Å²) < 4.78 is 3.50. The first kappa shape index (κ1) is 20.8. The number of hydrogen-bond donors (Lipinski definition) is 1. The minimum atomic E-state index is -0.312. The Hall–Kier alpha value is -3.45. The predicted molar refractivity (Wildman–Crippen MR) is 120 cm³/mol. The second kappa shape index (κ2) is 8.73. The largest absolute Gasteiger partial charge is 0.349 e. The maximum absolute atomic E-state index is 12.5. The van der Waals surface area contributed by atoms with Crippen LogP contribution in [0.15, 0.2) is 54.6 Å². The Kier molecular flexibility index (Phi) is 5.86. The highest BCUT2D eigenvalue weighted by atomic mass is 35.5. The summed E-state index contributed by atoms with van der Waals surface area (Å²) in [4.78, 5) is 16.8. The molecule has 158 valence electrons. The van der Waals surface area contributed by atoms with Crippen molar-refractivity contribution in [1.82, 2.24) is 29.9 Å². The smallest absolute Gasteiger partial charge is 0.290 e. The number of para-hydroxylation sites is 1. The summed E-state index contributed by atoms with van der Waals surface area (Å²) in [6.07, 6.45) is 0.702. The van der Waals surface area contributed by atoms with Gasteiger partial charge in [-0.1, -0.05) is 35.9 Å². The Labute approximate surface area is 185 Å². The molecule has 1 N–H and O–H groups in total. The molecule has 1 amide bonds. The Morgan fingerprint density at radius 1 is 1.00 bits per heavy atom. The molecule has 0 aliphatic carbocycles. The molecule has 0 aliphatic heterocycles. The van der Waals surface area contributed by atoms with E-state index in [1.54, 1.807) is 17.7 Å². The van der Waals surface area contributed by atoms with Crippen molar-refractivity contribution in [3.63, 3.8) is 0 Å². The fraction of sp³-hybridized carbons (Fsp3) is 0.217. The van der Waals surface area contributed by atoms with Gasteiger partial charge in [-0.05, 0) is 63.1 Å². The Balaban J connectivity index is 1.37. The van der Waals surface area contributed by atoms with Crippen molar-refractivity contribution in [2.75, 3.05) is 6.54 Å². The molecule has 0 unspecified atom stereocenters. The highest BCUT2D eigenvalue weighted by Crippen LogP contribution is 2.20. The monoisotopic (exact) mass is 434 g/mol. The number of aromatic nitrogens is 5. The number of benzene rings is 2. The summed E-state index contributed by atoms with van der Waals surface area (Å²) in [5.74, 6) is 0.406. The number of nitrogens with one attached hydrogen (secondary N) is 1. The van der Waals surface area contributed by atoms with Crippen molar-refractivity contribution in [3.8, 4) is 11.4 Å².